The summed E-state index contributed by atoms with van der Waals surface area (Å²) in [5.74, 6) is -0.443. The van der Waals surface area contributed by atoms with Gasteiger partial charge in [0.1, 0.15) is 22.9 Å². The van der Waals surface area contributed by atoms with Crippen LogP contribution in [-0.2, 0) is 5.54 Å². The second kappa shape index (κ2) is 10.7. The van der Waals surface area contributed by atoms with Gasteiger partial charge in [0.2, 0.25) is 0 Å². The van der Waals surface area contributed by atoms with Crippen molar-refractivity contribution in [2.24, 2.45) is 0 Å². The van der Waals surface area contributed by atoms with Crippen molar-refractivity contribution in [1.82, 2.24) is 10.6 Å². The Kier molecular flexibility index (Phi) is 6.88. The molecule has 212 valence electrons. The number of carbonyl (C=O) groups excluding carboxylic acids is 2. The molecular weight excluding hydrogens is 537 g/mol. The monoisotopic (exact) mass is 565 g/mol. The Balaban J connectivity index is 1.45. The molecule has 0 bridgehead atoms. The molecule has 0 unspecified atom stereocenters. The Morgan fingerprint density at radius 3 is 2.29 bits per heavy atom. The molecule has 1 fully saturated rings. The van der Waals surface area contributed by atoms with Gasteiger partial charge in [-0.3, -0.25) is 20.3 Å². The summed E-state index contributed by atoms with van der Waals surface area (Å²) in [4.78, 5) is 26.7. The number of nitrogens with one attached hydrogen (secondary N) is 3. The van der Waals surface area contributed by atoms with Crippen molar-refractivity contribution in [3.63, 3.8) is 0 Å². The number of anilines is 1. The van der Waals surface area contributed by atoms with Crippen molar-refractivity contribution in [1.29, 1.82) is 0 Å². The number of amides is 2. The molecule has 4 aromatic carbocycles. The first-order chi connectivity index (χ1) is 20.4. The van der Waals surface area contributed by atoms with E-state index >= 15 is 0 Å². The highest BCUT2D eigenvalue weighted by atomic mass is 19.1. The Morgan fingerprint density at radius 2 is 1.64 bits per heavy atom. The summed E-state index contributed by atoms with van der Waals surface area (Å²) in [7, 11) is 3.01. The minimum absolute atomic E-state index is 0.259. The van der Waals surface area contributed by atoms with E-state index in [2.05, 4.69) is 16.1 Å². The lowest BCUT2D eigenvalue weighted by atomic mass is 9.96. The molecule has 1 saturated carbocycles. The van der Waals surface area contributed by atoms with Crippen molar-refractivity contribution >= 4 is 28.5 Å². The van der Waals surface area contributed by atoms with Gasteiger partial charge in [-0.15, -0.1) is 0 Å². The highest BCUT2D eigenvalue weighted by Gasteiger charge is 2.46. The number of carbonyl (C=O) groups is 2. The van der Waals surface area contributed by atoms with Crippen molar-refractivity contribution in [3.8, 4) is 28.2 Å². The predicted octanol–water partition coefficient (Wildman–Crippen LogP) is 6.49. The van der Waals surface area contributed by atoms with Gasteiger partial charge in [-0.25, -0.2) is 4.39 Å². The molecule has 4 N–H and O–H groups in total. The summed E-state index contributed by atoms with van der Waals surface area (Å²) in [6.45, 7) is 0. The molecule has 5 aromatic rings. The minimum atomic E-state index is -0.425. The van der Waals surface area contributed by atoms with Crippen LogP contribution in [0, 0.1) is 5.82 Å². The molecule has 0 saturated heterocycles. The first-order valence-corrected chi connectivity index (χ1v) is 13.4. The molecule has 6 rings (SSSR count). The zero-order valence-corrected chi connectivity index (χ0v) is 23.0. The van der Waals surface area contributed by atoms with Gasteiger partial charge >= 0.3 is 0 Å². The van der Waals surface area contributed by atoms with E-state index in [1.54, 1.807) is 30.3 Å². The fourth-order valence-corrected chi connectivity index (χ4v) is 5.33. The maximum Gasteiger partial charge on any atom is 0.255 e. The number of halogens is 1. The number of benzene rings is 4. The van der Waals surface area contributed by atoms with E-state index in [0.29, 0.717) is 44.7 Å². The van der Waals surface area contributed by atoms with Crippen LogP contribution in [0.5, 0.6) is 5.75 Å². The smallest absolute Gasteiger partial charge is 0.255 e. The van der Waals surface area contributed by atoms with Crippen LogP contribution in [0.4, 0.5) is 10.1 Å². The highest BCUT2D eigenvalue weighted by molar-refractivity contribution is 6.13. The molecule has 1 heterocycles. The van der Waals surface area contributed by atoms with Crippen LogP contribution in [0.1, 0.15) is 39.1 Å². The van der Waals surface area contributed by atoms with Crippen LogP contribution in [0.3, 0.4) is 0 Å². The van der Waals surface area contributed by atoms with E-state index in [0.717, 1.165) is 18.4 Å². The predicted molar refractivity (Wildman–Crippen MR) is 157 cm³/mol. The van der Waals surface area contributed by atoms with E-state index in [9.17, 15) is 19.2 Å². The van der Waals surface area contributed by atoms with Crippen LogP contribution >= 0.6 is 0 Å². The third kappa shape index (κ3) is 4.73. The lowest BCUT2D eigenvalue weighted by molar-refractivity contribution is 0.0926. The molecule has 2 amide bonds. The number of fused-ring (bicyclic) bond motifs is 1. The maximum atomic E-state index is 13.6. The molecule has 1 aliphatic rings. The normalized spacial score (nSPS) is 13.4. The van der Waals surface area contributed by atoms with Gasteiger partial charge in [-0.05, 0) is 66.4 Å². The second-order valence-corrected chi connectivity index (χ2v) is 10.2. The van der Waals surface area contributed by atoms with E-state index in [4.69, 9.17) is 9.15 Å². The van der Waals surface area contributed by atoms with E-state index in [-0.39, 0.29) is 17.2 Å². The molecule has 1 aliphatic carbocycles. The number of ether oxygens (including phenoxy) is 1. The number of hydrogen-bond acceptors (Lipinski definition) is 6. The lowest BCUT2D eigenvalue weighted by Crippen LogP contribution is -2.35. The summed E-state index contributed by atoms with van der Waals surface area (Å²) in [6.07, 6.45) is 1.66. The number of hydrogen-bond donors (Lipinski definition) is 4. The van der Waals surface area contributed by atoms with Gasteiger partial charge in [-0.2, -0.15) is 0 Å². The van der Waals surface area contributed by atoms with Crippen LogP contribution < -0.4 is 20.9 Å². The van der Waals surface area contributed by atoms with E-state index < -0.39 is 17.3 Å². The Bertz CT molecular complexity index is 1810. The topological polar surface area (TPSA) is 113 Å². The van der Waals surface area contributed by atoms with Gasteiger partial charge < -0.3 is 19.8 Å². The number of methoxy groups -OCH3 is 1. The summed E-state index contributed by atoms with van der Waals surface area (Å²) < 4.78 is 25.2. The van der Waals surface area contributed by atoms with E-state index in [1.165, 1.54) is 38.4 Å². The SMILES string of the molecule is CNC(=O)c1c(-c2ccc(F)cc2)oc2cc(NO)c(-c3ccc(OC)c(C(=O)NC4(c5ccccc5)CC4)c3)cc12. The van der Waals surface area contributed by atoms with Gasteiger partial charge in [0, 0.05) is 29.6 Å². The lowest BCUT2D eigenvalue weighted by Gasteiger charge is -2.19. The van der Waals surface area contributed by atoms with Crippen molar-refractivity contribution in [2.75, 3.05) is 19.6 Å². The van der Waals surface area contributed by atoms with Crippen LogP contribution in [-0.4, -0.2) is 31.2 Å². The molecule has 8 nitrogen and oxygen atoms in total. The molecule has 0 aliphatic heterocycles. The van der Waals surface area contributed by atoms with Crippen molar-refractivity contribution < 1.29 is 28.3 Å². The molecule has 0 radical (unpaired) electrons. The largest absolute Gasteiger partial charge is 0.496 e. The second-order valence-electron chi connectivity index (χ2n) is 10.2. The fraction of sp³-hybridized carbons (Fsp3) is 0.152. The zero-order chi connectivity index (χ0) is 29.4. The third-order valence-electron chi connectivity index (χ3n) is 7.69. The molecule has 1 aromatic heterocycles. The standard InChI is InChI=1S/C33H28FN3O5/c1-35-32(39)29-24-17-23(26(37-40)18-28(24)42-30(29)19-8-11-22(34)12-9-19)20-10-13-27(41-2)25(16-20)31(38)36-33(14-15-33)21-6-4-3-5-7-21/h3-13,16-18,37,40H,14-15H2,1-2H3,(H,35,39)(H,36,38). The van der Waals surface area contributed by atoms with Gasteiger partial charge in [0.05, 0.1) is 29.5 Å². The maximum absolute atomic E-state index is 13.6. The molecular formula is C33H28FN3O5. The number of rotatable bonds is 8. The van der Waals surface area contributed by atoms with Crippen LogP contribution in [0.25, 0.3) is 33.4 Å². The molecule has 0 spiro atoms. The van der Waals surface area contributed by atoms with Crippen LogP contribution in [0.2, 0.25) is 0 Å². The average Bonchev–Trinajstić information content (AvgIpc) is 3.72. The van der Waals surface area contributed by atoms with Crippen molar-refractivity contribution in [2.45, 2.75) is 18.4 Å². The molecule has 42 heavy (non-hydrogen) atoms. The first kappa shape index (κ1) is 27.0. The summed E-state index contributed by atoms with van der Waals surface area (Å²) >= 11 is 0. The van der Waals surface area contributed by atoms with Gasteiger partial charge in [0.25, 0.3) is 11.8 Å². The Morgan fingerprint density at radius 1 is 0.929 bits per heavy atom. The van der Waals surface area contributed by atoms with E-state index in [1.807, 2.05) is 30.3 Å². The highest BCUT2D eigenvalue weighted by Crippen LogP contribution is 2.46. The Hall–Kier alpha value is -5.15. The average molecular weight is 566 g/mol. The van der Waals surface area contributed by atoms with Crippen LogP contribution in [0.15, 0.2) is 89.3 Å². The molecule has 0 atom stereocenters. The summed E-state index contributed by atoms with van der Waals surface area (Å²) in [5.41, 5.74) is 5.67. The zero-order valence-electron chi connectivity index (χ0n) is 23.0. The first-order valence-electron chi connectivity index (χ1n) is 13.4. The van der Waals surface area contributed by atoms with Gasteiger partial charge in [0.15, 0.2) is 0 Å². The Labute approximate surface area is 241 Å². The molecule has 9 heteroatoms. The number of furan rings is 1. The summed E-state index contributed by atoms with van der Waals surface area (Å²) in [5, 5.41) is 16.4. The third-order valence-corrected chi connectivity index (χ3v) is 7.69. The minimum Gasteiger partial charge on any atom is -0.496 e. The summed E-state index contributed by atoms with van der Waals surface area (Å²) in [6, 6.07) is 23.9. The van der Waals surface area contributed by atoms with Crippen molar-refractivity contribution in [3.05, 3.63) is 107 Å². The fourth-order valence-electron chi connectivity index (χ4n) is 5.33. The van der Waals surface area contributed by atoms with Gasteiger partial charge in [-0.1, -0.05) is 36.4 Å². The quantitative estimate of drug-likeness (QED) is 0.160.